The van der Waals surface area contributed by atoms with Crippen molar-refractivity contribution in [2.45, 2.75) is 25.3 Å². The number of rotatable bonds is 1. The minimum atomic E-state index is -0.262. The van der Waals surface area contributed by atoms with Gasteiger partial charge in [0.1, 0.15) is 5.82 Å². The van der Waals surface area contributed by atoms with Crippen molar-refractivity contribution in [3.8, 4) is 0 Å². The lowest BCUT2D eigenvalue weighted by Crippen LogP contribution is -2.27. The van der Waals surface area contributed by atoms with Crippen LogP contribution in [-0.2, 0) is 11.3 Å². The van der Waals surface area contributed by atoms with Crippen LogP contribution in [0.5, 0.6) is 0 Å². The third-order valence-corrected chi connectivity index (χ3v) is 2.29. The van der Waals surface area contributed by atoms with E-state index in [2.05, 4.69) is 4.98 Å². The first-order valence-electron chi connectivity index (χ1n) is 4.09. The highest BCUT2D eigenvalue weighted by atomic mass is 16.1. The summed E-state index contributed by atoms with van der Waals surface area (Å²) in [5.74, 6) is 0.393. The van der Waals surface area contributed by atoms with Crippen LogP contribution < -0.4 is 5.73 Å². The second-order valence-electron chi connectivity index (χ2n) is 3.08. The van der Waals surface area contributed by atoms with Gasteiger partial charge in [0.05, 0.1) is 5.92 Å². The SMILES string of the molecule is NC(=O)C1CCCn2ccnc21. The minimum absolute atomic E-state index is 0.172. The van der Waals surface area contributed by atoms with Crippen molar-refractivity contribution in [2.75, 3.05) is 0 Å². The van der Waals surface area contributed by atoms with E-state index in [0.29, 0.717) is 0 Å². The Bertz CT molecular complexity index is 305. The van der Waals surface area contributed by atoms with Crippen molar-refractivity contribution in [3.05, 3.63) is 18.2 Å². The number of primary amides is 1. The highest BCUT2D eigenvalue weighted by Crippen LogP contribution is 2.24. The zero-order valence-corrected chi connectivity index (χ0v) is 6.73. The number of aromatic nitrogens is 2. The fraction of sp³-hybridized carbons (Fsp3) is 0.500. The van der Waals surface area contributed by atoms with Gasteiger partial charge < -0.3 is 10.3 Å². The van der Waals surface area contributed by atoms with E-state index in [1.165, 1.54) is 0 Å². The highest BCUT2D eigenvalue weighted by molar-refractivity contribution is 5.81. The van der Waals surface area contributed by atoms with Crippen LogP contribution >= 0.6 is 0 Å². The topological polar surface area (TPSA) is 60.9 Å². The largest absolute Gasteiger partial charge is 0.369 e. The van der Waals surface area contributed by atoms with Crippen molar-refractivity contribution in [1.82, 2.24) is 9.55 Å². The number of nitrogens with two attached hydrogens (primary N) is 1. The second kappa shape index (κ2) is 2.62. The van der Waals surface area contributed by atoms with Gasteiger partial charge in [0.25, 0.3) is 0 Å². The number of aryl methyl sites for hydroxylation is 1. The van der Waals surface area contributed by atoms with Crippen LogP contribution in [-0.4, -0.2) is 15.5 Å². The Morgan fingerprint density at radius 3 is 3.33 bits per heavy atom. The van der Waals surface area contributed by atoms with Crippen LogP contribution in [0.2, 0.25) is 0 Å². The predicted molar refractivity (Wildman–Crippen MR) is 43.4 cm³/mol. The summed E-state index contributed by atoms with van der Waals surface area (Å²) in [5.41, 5.74) is 5.25. The van der Waals surface area contributed by atoms with E-state index >= 15 is 0 Å². The molecule has 1 aromatic rings. The van der Waals surface area contributed by atoms with E-state index in [9.17, 15) is 4.79 Å². The second-order valence-corrected chi connectivity index (χ2v) is 3.08. The smallest absolute Gasteiger partial charge is 0.228 e. The van der Waals surface area contributed by atoms with Gasteiger partial charge in [-0.2, -0.15) is 0 Å². The molecule has 2 rings (SSSR count). The molecule has 4 nitrogen and oxygen atoms in total. The van der Waals surface area contributed by atoms with Crippen LogP contribution in [0, 0.1) is 0 Å². The lowest BCUT2D eigenvalue weighted by atomic mass is 9.98. The van der Waals surface area contributed by atoms with Crippen LogP contribution in [0.15, 0.2) is 12.4 Å². The van der Waals surface area contributed by atoms with Gasteiger partial charge in [-0.25, -0.2) is 4.98 Å². The van der Waals surface area contributed by atoms with Gasteiger partial charge in [-0.15, -0.1) is 0 Å². The molecule has 0 aromatic carbocycles. The number of hydrogen-bond donors (Lipinski definition) is 1. The zero-order valence-electron chi connectivity index (χ0n) is 6.73. The molecule has 1 atom stereocenters. The Morgan fingerprint density at radius 2 is 2.58 bits per heavy atom. The molecule has 12 heavy (non-hydrogen) atoms. The number of nitrogens with zero attached hydrogens (tertiary/aromatic N) is 2. The van der Waals surface area contributed by atoms with Gasteiger partial charge in [-0.05, 0) is 12.8 Å². The fourth-order valence-corrected chi connectivity index (χ4v) is 1.68. The lowest BCUT2D eigenvalue weighted by Gasteiger charge is -2.20. The van der Waals surface area contributed by atoms with Gasteiger partial charge in [-0.3, -0.25) is 4.79 Å². The quantitative estimate of drug-likeness (QED) is 0.648. The molecule has 0 bridgehead atoms. The minimum Gasteiger partial charge on any atom is -0.369 e. The van der Waals surface area contributed by atoms with Gasteiger partial charge in [-0.1, -0.05) is 0 Å². The predicted octanol–water partition coefficient (Wildman–Crippen LogP) is 0.246. The van der Waals surface area contributed by atoms with Crippen LogP contribution in [0.3, 0.4) is 0 Å². The molecule has 64 valence electrons. The molecule has 4 heteroatoms. The van der Waals surface area contributed by atoms with E-state index in [0.717, 1.165) is 25.2 Å². The molecule has 0 fully saturated rings. The van der Waals surface area contributed by atoms with Gasteiger partial charge in [0, 0.05) is 18.9 Å². The summed E-state index contributed by atoms with van der Waals surface area (Å²) < 4.78 is 2.00. The van der Waals surface area contributed by atoms with Gasteiger partial charge in [0.15, 0.2) is 0 Å². The summed E-state index contributed by atoms with van der Waals surface area (Å²) in [4.78, 5) is 15.1. The van der Waals surface area contributed by atoms with E-state index in [-0.39, 0.29) is 11.8 Å². The fourth-order valence-electron chi connectivity index (χ4n) is 1.68. The Labute approximate surface area is 70.4 Å². The highest BCUT2D eigenvalue weighted by Gasteiger charge is 2.25. The van der Waals surface area contributed by atoms with Gasteiger partial charge in [0.2, 0.25) is 5.91 Å². The number of carbonyl (C=O) groups is 1. The maximum Gasteiger partial charge on any atom is 0.228 e. The van der Waals surface area contributed by atoms with E-state index in [1.54, 1.807) is 6.20 Å². The average molecular weight is 165 g/mol. The molecule has 1 unspecified atom stereocenters. The normalized spacial score (nSPS) is 21.8. The maximum absolute atomic E-state index is 11.0. The first-order chi connectivity index (χ1) is 5.79. The number of amides is 1. The Balaban J connectivity index is 2.37. The lowest BCUT2D eigenvalue weighted by molar-refractivity contribution is -0.120. The van der Waals surface area contributed by atoms with Crippen molar-refractivity contribution in [1.29, 1.82) is 0 Å². The molecule has 1 aromatic heterocycles. The molecular weight excluding hydrogens is 154 g/mol. The van der Waals surface area contributed by atoms with Gasteiger partial charge >= 0.3 is 0 Å². The molecule has 1 aliphatic rings. The van der Waals surface area contributed by atoms with E-state index < -0.39 is 0 Å². The first-order valence-corrected chi connectivity index (χ1v) is 4.09. The zero-order chi connectivity index (χ0) is 8.55. The molecule has 0 spiro atoms. The summed E-state index contributed by atoms with van der Waals surface area (Å²) in [6.45, 7) is 0.957. The average Bonchev–Trinajstić information content (AvgIpc) is 2.49. The molecule has 1 aliphatic heterocycles. The first kappa shape index (κ1) is 7.34. The molecule has 0 radical (unpaired) electrons. The van der Waals surface area contributed by atoms with Crippen LogP contribution in [0.4, 0.5) is 0 Å². The molecule has 0 saturated carbocycles. The molecule has 2 heterocycles. The summed E-state index contributed by atoms with van der Waals surface area (Å²) in [7, 11) is 0. The number of imidazole rings is 1. The van der Waals surface area contributed by atoms with E-state index in [4.69, 9.17) is 5.73 Å². The van der Waals surface area contributed by atoms with Crippen LogP contribution in [0.25, 0.3) is 0 Å². The van der Waals surface area contributed by atoms with E-state index in [1.807, 2.05) is 10.8 Å². The van der Waals surface area contributed by atoms with Crippen LogP contribution in [0.1, 0.15) is 24.6 Å². The third kappa shape index (κ3) is 0.995. The molecule has 0 aliphatic carbocycles. The summed E-state index contributed by atoms with van der Waals surface area (Å²) in [5, 5.41) is 0. The third-order valence-electron chi connectivity index (χ3n) is 2.29. The van der Waals surface area contributed by atoms with Crippen molar-refractivity contribution in [2.24, 2.45) is 5.73 Å². The summed E-state index contributed by atoms with van der Waals surface area (Å²) in [6.07, 6.45) is 5.46. The molecule has 1 amide bonds. The van der Waals surface area contributed by atoms with Crippen molar-refractivity contribution < 1.29 is 4.79 Å². The number of carbonyl (C=O) groups excluding carboxylic acids is 1. The Hall–Kier alpha value is -1.32. The summed E-state index contributed by atoms with van der Waals surface area (Å²) in [6, 6.07) is 0. The molecular formula is C8H11N3O. The summed E-state index contributed by atoms with van der Waals surface area (Å²) >= 11 is 0. The van der Waals surface area contributed by atoms with Crippen molar-refractivity contribution in [3.63, 3.8) is 0 Å². The molecule has 2 N–H and O–H groups in total. The molecule has 0 saturated heterocycles. The maximum atomic E-state index is 11.0. The van der Waals surface area contributed by atoms with Crippen molar-refractivity contribution >= 4 is 5.91 Å². The Kier molecular flexibility index (Phi) is 1.60. The monoisotopic (exact) mass is 165 g/mol. The standard InChI is InChI=1S/C8H11N3O/c9-7(12)6-2-1-4-11-5-3-10-8(6)11/h3,5-6H,1-2,4H2,(H2,9,12). The Morgan fingerprint density at radius 1 is 1.75 bits per heavy atom. The number of hydrogen-bond acceptors (Lipinski definition) is 2. The number of fused-ring (bicyclic) bond motifs is 1.